The van der Waals surface area contributed by atoms with Crippen molar-refractivity contribution in [3.05, 3.63) is 18.1 Å². The lowest BCUT2D eigenvalue weighted by atomic mass is 9.96. The predicted octanol–water partition coefficient (Wildman–Crippen LogP) is 2.37. The Morgan fingerprint density at radius 2 is 2.00 bits per heavy atom. The van der Waals surface area contributed by atoms with E-state index in [-0.39, 0.29) is 5.41 Å². The van der Waals surface area contributed by atoms with Crippen molar-refractivity contribution in [1.82, 2.24) is 9.97 Å². The van der Waals surface area contributed by atoms with Gasteiger partial charge in [0.15, 0.2) is 0 Å². The highest BCUT2D eigenvalue weighted by atomic mass is 16.5. The van der Waals surface area contributed by atoms with Crippen LogP contribution in [0.1, 0.15) is 39.4 Å². The summed E-state index contributed by atoms with van der Waals surface area (Å²) in [4.78, 5) is 8.90. The lowest BCUT2D eigenvalue weighted by Crippen LogP contribution is -2.28. The van der Waals surface area contributed by atoms with E-state index in [4.69, 9.17) is 4.74 Å². The Labute approximate surface area is 103 Å². The van der Waals surface area contributed by atoms with E-state index >= 15 is 0 Å². The molecule has 0 unspecified atom stereocenters. The molecule has 0 atom stereocenters. The maximum Gasteiger partial charge on any atom is 0.135 e. The summed E-state index contributed by atoms with van der Waals surface area (Å²) in [6.07, 6.45) is 3.93. The van der Waals surface area contributed by atoms with E-state index in [0.717, 1.165) is 37.7 Å². The summed E-state index contributed by atoms with van der Waals surface area (Å²) < 4.78 is 5.34. The van der Waals surface area contributed by atoms with Crippen LogP contribution in [-0.2, 0) is 10.2 Å². The van der Waals surface area contributed by atoms with Crippen molar-refractivity contribution < 1.29 is 4.74 Å². The van der Waals surface area contributed by atoms with Gasteiger partial charge >= 0.3 is 0 Å². The Bertz CT molecular complexity index is 367. The van der Waals surface area contributed by atoms with E-state index in [0.29, 0.717) is 6.04 Å². The number of nitrogens with one attached hydrogen (secondary N) is 1. The molecule has 1 aliphatic heterocycles. The molecule has 1 N–H and O–H groups in total. The third-order valence-electron chi connectivity index (χ3n) is 2.90. The van der Waals surface area contributed by atoms with E-state index in [1.165, 1.54) is 0 Å². The van der Waals surface area contributed by atoms with Crippen molar-refractivity contribution in [2.24, 2.45) is 0 Å². The molecule has 0 saturated carbocycles. The Morgan fingerprint density at radius 3 is 2.65 bits per heavy atom. The predicted molar refractivity (Wildman–Crippen MR) is 68.2 cm³/mol. The third-order valence-corrected chi connectivity index (χ3v) is 2.90. The zero-order valence-corrected chi connectivity index (χ0v) is 10.9. The fourth-order valence-electron chi connectivity index (χ4n) is 1.85. The SMILES string of the molecule is CC(C)(C)c1nccc(NC2CCOCC2)n1. The molecule has 1 aliphatic rings. The topological polar surface area (TPSA) is 47.0 Å². The Kier molecular flexibility index (Phi) is 3.62. The first-order chi connectivity index (χ1) is 8.05. The number of rotatable bonds is 2. The average molecular weight is 235 g/mol. The zero-order chi connectivity index (χ0) is 12.3. The molecule has 4 nitrogen and oxygen atoms in total. The van der Waals surface area contributed by atoms with Gasteiger partial charge in [0.1, 0.15) is 11.6 Å². The molecule has 0 aromatic carbocycles. The van der Waals surface area contributed by atoms with Crippen molar-refractivity contribution in [1.29, 1.82) is 0 Å². The lowest BCUT2D eigenvalue weighted by molar-refractivity contribution is 0.0904. The standard InChI is InChI=1S/C13H21N3O/c1-13(2,3)12-14-7-4-11(16-12)15-10-5-8-17-9-6-10/h4,7,10H,5-6,8-9H2,1-3H3,(H,14,15,16). The quantitative estimate of drug-likeness (QED) is 0.855. The van der Waals surface area contributed by atoms with Crippen molar-refractivity contribution in [3.63, 3.8) is 0 Å². The first kappa shape index (κ1) is 12.3. The molecule has 0 bridgehead atoms. The number of nitrogens with zero attached hydrogens (tertiary/aromatic N) is 2. The highest BCUT2D eigenvalue weighted by Gasteiger charge is 2.19. The molecule has 1 saturated heterocycles. The maximum absolute atomic E-state index is 5.34. The molecule has 1 aromatic heterocycles. The highest BCUT2D eigenvalue weighted by Crippen LogP contribution is 2.20. The first-order valence-electron chi connectivity index (χ1n) is 6.23. The molecule has 2 heterocycles. The number of anilines is 1. The molecular weight excluding hydrogens is 214 g/mol. The Hall–Kier alpha value is -1.16. The third kappa shape index (κ3) is 3.40. The van der Waals surface area contributed by atoms with Crippen LogP contribution in [0.5, 0.6) is 0 Å². The van der Waals surface area contributed by atoms with E-state index in [1.807, 2.05) is 12.3 Å². The summed E-state index contributed by atoms with van der Waals surface area (Å²) >= 11 is 0. The summed E-state index contributed by atoms with van der Waals surface area (Å²) in [7, 11) is 0. The van der Waals surface area contributed by atoms with Gasteiger partial charge in [-0.15, -0.1) is 0 Å². The molecule has 0 amide bonds. The summed E-state index contributed by atoms with van der Waals surface area (Å²) in [5.41, 5.74) is -0.00658. The van der Waals surface area contributed by atoms with Crippen LogP contribution in [-0.4, -0.2) is 29.2 Å². The number of hydrogen-bond donors (Lipinski definition) is 1. The number of aromatic nitrogens is 2. The second kappa shape index (κ2) is 5.00. The summed E-state index contributed by atoms with van der Waals surface area (Å²) in [5, 5.41) is 3.46. The average Bonchev–Trinajstić information content (AvgIpc) is 2.29. The molecule has 0 radical (unpaired) electrons. The van der Waals surface area contributed by atoms with Gasteiger partial charge in [-0.3, -0.25) is 0 Å². The second-order valence-corrected chi connectivity index (χ2v) is 5.55. The van der Waals surface area contributed by atoms with Crippen LogP contribution in [0.3, 0.4) is 0 Å². The number of ether oxygens (including phenoxy) is 1. The lowest BCUT2D eigenvalue weighted by Gasteiger charge is -2.24. The van der Waals surface area contributed by atoms with Crippen molar-refractivity contribution in [2.45, 2.75) is 45.1 Å². The van der Waals surface area contributed by atoms with Crippen LogP contribution in [0.25, 0.3) is 0 Å². The molecule has 94 valence electrons. The molecular formula is C13H21N3O. The minimum atomic E-state index is -0.00658. The molecule has 0 aliphatic carbocycles. The highest BCUT2D eigenvalue weighted by molar-refractivity contribution is 5.35. The smallest absolute Gasteiger partial charge is 0.135 e. The van der Waals surface area contributed by atoms with Gasteiger partial charge in [-0.1, -0.05) is 20.8 Å². The van der Waals surface area contributed by atoms with Gasteiger partial charge in [-0.05, 0) is 18.9 Å². The van der Waals surface area contributed by atoms with Crippen molar-refractivity contribution in [2.75, 3.05) is 18.5 Å². The molecule has 0 spiro atoms. The summed E-state index contributed by atoms with van der Waals surface area (Å²) in [6.45, 7) is 8.06. The van der Waals surface area contributed by atoms with Gasteiger partial charge in [0, 0.05) is 30.9 Å². The van der Waals surface area contributed by atoms with E-state index < -0.39 is 0 Å². The summed E-state index contributed by atoms with van der Waals surface area (Å²) in [6, 6.07) is 2.41. The monoisotopic (exact) mass is 235 g/mol. The molecule has 17 heavy (non-hydrogen) atoms. The van der Waals surface area contributed by atoms with Crippen molar-refractivity contribution in [3.8, 4) is 0 Å². The zero-order valence-electron chi connectivity index (χ0n) is 10.9. The Balaban J connectivity index is 2.05. The van der Waals surface area contributed by atoms with Crippen LogP contribution < -0.4 is 5.32 Å². The van der Waals surface area contributed by atoms with Gasteiger partial charge in [0.2, 0.25) is 0 Å². The normalized spacial score (nSPS) is 18.1. The van der Waals surface area contributed by atoms with E-state index in [9.17, 15) is 0 Å². The summed E-state index contributed by atoms with van der Waals surface area (Å²) in [5.74, 6) is 1.81. The molecule has 1 aromatic rings. The van der Waals surface area contributed by atoms with Crippen LogP contribution in [0.4, 0.5) is 5.82 Å². The minimum Gasteiger partial charge on any atom is -0.381 e. The fourth-order valence-corrected chi connectivity index (χ4v) is 1.85. The van der Waals surface area contributed by atoms with Gasteiger partial charge in [0.25, 0.3) is 0 Å². The van der Waals surface area contributed by atoms with E-state index in [2.05, 4.69) is 36.1 Å². The van der Waals surface area contributed by atoms with Gasteiger partial charge < -0.3 is 10.1 Å². The van der Waals surface area contributed by atoms with Crippen LogP contribution in [0, 0.1) is 0 Å². The largest absolute Gasteiger partial charge is 0.381 e. The van der Waals surface area contributed by atoms with Gasteiger partial charge in [0.05, 0.1) is 0 Å². The van der Waals surface area contributed by atoms with Gasteiger partial charge in [-0.2, -0.15) is 0 Å². The minimum absolute atomic E-state index is 0.00658. The van der Waals surface area contributed by atoms with Crippen LogP contribution in [0.2, 0.25) is 0 Å². The first-order valence-corrected chi connectivity index (χ1v) is 6.23. The fraction of sp³-hybridized carbons (Fsp3) is 0.692. The molecule has 1 fully saturated rings. The van der Waals surface area contributed by atoms with Crippen LogP contribution >= 0.6 is 0 Å². The van der Waals surface area contributed by atoms with Gasteiger partial charge in [-0.25, -0.2) is 9.97 Å². The van der Waals surface area contributed by atoms with Crippen LogP contribution in [0.15, 0.2) is 12.3 Å². The maximum atomic E-state index is 5.34. The Morgan fingerprint density at radius 1 is 1.29 bits per heavy atom. The molecule has 4 heteroatoms. The van der Waals surface area contributed by atoms with E-state index in [1.54, 1.807) is 0 Å². The molecule has 2 rings (SSSR count). The second-order valence-electron chi connectivity index (χ2n) is 5.55. The number of hydrogen-bond acceptors (Lipinski definition) is 4. The van der Waals surface area contributed by atoms with Crippen molar-refractivity contribution >= 4 is 5.82 Å².